The maximum Gasteiger partial charge on any atom is 0.164 e. The third-order valence-electron chi connectivity index (χ3n) is 27.3. The summed E-state index contributed by atoms with van der Waals surface area (Å²) < 4.78 is 0. The topological polar surface area (TPSA) is 193 Å². The number of aromatic nitrogens is 15. The van der Waals surface area contributed by atoms with Crippen molar-refractivity contribution in [3.05, 3.63) is 526 Å². The molecule has 0 amide bonds. The molecule has 27 rings (SSSR count). The Bertz CT molecular complexity index is 8880. The van der Waals surface area contributed by atoms with Crippen molar-refractivity contribution in [1.29, 1.82) is 0 Å². The van der Waals surface area contributed by atoms with Gasteiger partial charge in [0.15, 0.2) is 52.4 Å². The van der Waals surface area contributed by atoms with Crippen LogP contribution in [0.2, 0.25) is 0 Å². The number of hydrogen-bond donors (Lipinski definition) is 0. The van der Waals surface area contributed by atoms with Gasteiger partial charge in [-0.15, -0.1) is 0 Å². The Morgan fingerprint density at radius 2 is 0.320 bits per heavy atom. The van der Waals surface area contributed by atoms with Gasteiger partial charge in [-0.25, -0.2) is 74.8 Å². The Morgan fingerprint density at radius 3 is 0.687 bits per heavy atom. The van der Waals surface area contributed by atoms with Crippen LogP contribution in [0.5, 0.6) is 0 Å². The molecule has 0 atom stereocenters. The number of rotatable bonds is 18. The molecule has 147 heavy (non-hydrogen) atoms. The van der Waals surface area contributed by atoms with Crippen molar-refractivity contribution in [3.8, 4) is 237 Å². The summed E-state index contributed by atoms with van der Waals surface area (Å²) in [5, 5.41) is 0. The Balaban J connectivity index is 0.000000115. The van der Waals surface area contributed by atoms with Crippen LogP contribution in [0.1, 0.15) is 33.4 Å². The highest BCUT2D eigenvalue weighted by Crippen LogP contribution is 2.48. The molecule has 15 nitrogen and oxygen atoms in total. The van der Waals surface area contributed by atoms with Gasteiger partial charge in [-0.05, 0) is 114 Å². The number of hydrogen-bond acceptors (Lipinski definition) is 15. The Kier molecular flexibility index (Phi) is 24.0. The normalized spacial score (nSPS) is 11.6. The van der Waals surface area contributed by atoms with Crippen molar-refractivity contribution in [3.63, 3.8) is 0 Å². The predicted octanol–water partition coefficient (Wildman–Crippen LogP) is 30.7. The van der Waals surface area contributed by atoms with Crippen molar-refractivity contribution in [2.75, 3.05) is 0 Å². The second-order valence-corrected chi connectivity index (χ2v) is 36.4. The van der Waals surface area contributed by atoms with Gasteiger partial charge >= 0.3 is 0 Å². The average molecular weight is 1880 g/mol. The van der Waals surface area contributed by atoms with E-state index in [4.69, 9.17) is 74.8 Å². The van der Waals surface area contributed by atoms with Crippen molar-refractivity contribution in [2.45, 2.75) is 19.3 Å². The number of benzene rings is 18. The summed E-state index contributed by atoms with van der Waals surface area (Å²) in [5.41, 5.74) is 42.3. The minimum atomic E-state index is 0.609. The quantitative estimate of drug-likeness (QED) is 0.0787. The van der Waals surface area contributed by atoms with Gasteiger partial charge in [-0.2, -0.15) is 0 Å². The molecule has 6 aromatic heterocycles. The standard InChI is InChI=1S/3C44H29N5/c1-4-12-30(13-5-1)36-20-11-21-37-38(36)27-39-40(45-28-46-41(37)39)35-19-10-18-34(26-35)29-22-24-33(25-23-29)44-48-42(31-14-6-2-7-15-31)47-43(49-44)32-16-8-3-9-17-32;1-4-12-29(13-5-1)30-22-24-33(25-23-30)43-47-42(32-16-8-3-9-17-32)48-44(49-43)35-19-10-18-34(26-35)40-39-27-38-36(31-14-6-2-7-15-31)20-11-21-37(38)41(39)46-28-45-40;1-4-12-29(13-5-1)35-24-36(26-37(25-35)40-39-27-34-18-10-11-19-38(34)41(39)46-28-45-40)30-20-22-33(23-21-30)44-48-42(31-14-6-2-7-15-31)47-43(49-44)32-16-8-3-9-17-32/h3*1-26,28H,27H2. The number of fused-ring (bicyclic) bond motifs is 9. The first kappa shape index (κ1) is 88.6. The van der Waals surface area contributed by atoms with Crippen LogP contribution >= 0.6 is 0 Å². The van der Waals surface area contributed by atoms with E-state index in [9.17, 15) is 0 Å². The average Bonchev–Trinajstić information content (AvgIpc) is 1.59. The molecule has 18 aromatic carbocycles. The molecule has 0 bridgehead atoms. The molecule has 0 saturated carbocycles. The van der Waals surface area contributed by atoms with E-state index < -0.39 is 0 Å². The maximum atomic E-state index is 5.03. The first-order valence-electron chi connectivity index (χ1n) is 49.1. The molecular formula is C132H87N15. The lowest BCUT2D eigenvalue weighted by Gasteiger charge is -2.13. The van der Waals surface area contributed by atoms with Crippen LogP contribution < -0.4 is 0 Å². The summed E-state index contributed by atoms with van der Waals surface area (Å²) in [6.45, 7) is 0. The molecule has 0 saturated heterocycles. The van der Waals surface area contributed by atoms with Crippen LogP contribution in [-0.2, 0) is 19.3 Å². The lowest BCUT2D eigenvalue weighted by molar-refractivity contribution is 1.07. The van der Waals surface area contributed by atoms with E-state index in [0.717, 1.165) is 165 Å². The molecule has 0 unspecified atom stereocenters. The number of nitrogens with zero attached hydrogens (tertiary/aromatic N) is 15. The lowest BCUT2D eigenvalue weighted by Crippen LogP contribution is -2.00. The third kappa shape index (κ3) is 18.2. The minimum Gasteiger partial charge on any atom is -0.236 e. The summed E-state index contributed by atoms with van der Waals surface area (Å²) in [4.78, 5) is 73.1. The van der Waals surface area contributed by atoms with Gasteiger partial charge in [-0.1, -0.05) is 443 Å². The zero-order chi connectivity index (χ0) is 97.7. The van der Waals surface area contributed by atoms with E-state index in [-0.39, 0.29) is 0 Å². The van der Waals surface area contributed by atoms with E-state index in [0.29, 0.717) is 52.4 Å². The molecule has 3 aliphatic rings. The van der Waals surface area contributed by atoms with Gasteiger partial charge in [0.05, 0.1) is 34.2 Å². The van der Waals surface area contributed by atoms with Crippen LogP contribution in [0.25, 0.3) is 237 Å². The van der Waals surface area contributed by atoms with Crippen molar-refractivity contribution >= 4 is 0 Å². The van der Waals surface area contributed by atoms with Gasteiger partial charge in [-0.3, -0.25) is 0 Å². The highest BCUT2D eigenvalue weighted by Gasteiger charge is 2.31. The molecule has 3 aliphatic carbocycles. The van der Waals surface area contributed by atoms with Gasteiger partial charge < -0.3 is 0 Å². The summed E-state index contributed by atoms with van der Waals surface area (Å²) >= 11 is 0. The molecular weight excluding hydrogens is 1800 g/mol. The zero-order valence-corrected chi connectivity index (χ0v) is 79.6. The SMILES string of the molecule is c1ccc(-c2cc(-c3ccc(-c4nc(-c5ccccc5)nc(-c5ccccc5)n4)cc3)cc(-c3ncnc4c3Cc3ccccc3-4)c2)cc1.c1ccc(-c2ccc(-c3nc(-c4ccccc4)nc(-c4cccc(-c5ncnc6c5Cc5c(-c7ccccc7)cccc5-6)c4)n3)cc2)cc1.c1ccc(-c2nc(-c3ccccc3)nc(-c3ccc(-c4cccc(-c5ncnc6c5Cc5c(-c7ccccc7)cccc5-6)c4)cc3)n2)cc1. The van der Waals surface area contributed by atoms with Crippen molar-refractivity contribution < 1.29 is 0 Å². The lowest BCUT2D eigenvalue weighted by atomic mass is 9.93. The molecule has 0 fully saturated rings. The fourth-order valence-corrected chi connectivity index (χ4v) is 20.1. The molecule has 6 heterocycles. The first-order valence-corrected chi connectivity index (χ1v) is 49.1. The fourth-order valence-electron chi connectivity index (χ4n) is 20.1. The van der Waals surface area contributed by atoms with E-state index in [1.807, 2.05) is 158 Å². The van der Waals surface area contributed by atoms with Crippen molar-refractivity contribution in [1.82, 2.24) is 74.8 Å². The van der Waals surface area contributed by atoms with Crippen LogP contribution in [0.15, 0.2) is 492 Å². The van der Waals surface area contributed by atoms with E-state index in [1.54, 1.807) is 19.0 Å². The fraction of sp³-hybridized carbons (Fsp3) is 0.0227. The Labute approximate surface area is 850 Å². The molecule has 0 N–H and O–H groups in total. The summed E-state index contributed by atoms with van der Waals surface area (Å²) in [7, 11) is 0. The second-order valence-electron chi connectivity index (χ2n) is 36.4. The molecule has 15 heteroatoms. The van der Waals surface area contributed by atoms with Crippen LogP contribution in [0, 0.1) is 0 Å². The molecule has 690 valence electrons. The minimum absolute atomic E-state index is 0.609. The van der Waals surface area contributed by atoms with E-state index in [2.05, 4.69) is 315 Å². The molecule has 0 radical (unpaired) electrons. The Morgan fingerprint density at radius 1 is 0.116 bits per heavy atom. The summed E-state index contributed by atoms with van der Waals surface area (Å²) in [6.07, 6.45) is 7.46. The molecule has 0 spiro atoms. The smallest absolute Gasteiger partial charge is 0.164 e. The van der Waals surface area contributed by atoms with Crippen molar-refractivity contribution in [2.24, 2.45) is 0 Å². The first-order chi connectivity index (χ1) is 72.8. The predicted molar refractivity (Wildman–Crippen MR) is 589 cm³/mol. The van der Waals surface area contributed by atoms with Crippen LogP contribution in [0.3, 0.4) is 0 Å². The third-order valence-corrected chi connectivity index (χ3v) is 27.3. The van der Waals surface area contributed by atoms with Gasteiger partial charge in [0.1, 0.15) is 19.0 Å². The second kappa shape index (κ2) is 39.7. The molecule has 0 aliphatic heterocycles. The maximum absolute atomic E-state index is 5.03. The Hall–Kier alpha value is -19.8. The van der Waals surface area contributed by atoms with Gasteiger partial charge in [0.25, 0.3) is 0 Å². The molecule has 24 aromatic rings. The van der Waals surface area contributed by atoms with E-state index in [1.165, 1.54) is 72.3 Å². The largest absolute Gasteiger partial charge is 0.236 e. The monoisotopic (exact) mass is 1880 g/mol. The van der Waals surface area contributed by atoms with Crippen LogP contribution in [0.4, 0.5) is 0 Å². The van der Waals surface area contributed by atoms with E-state index >= 15 is 0 Å². The van der Waals surface area contributed by atoms with Gasteiger partial charge in [0, 0.05) is 119 Å². The summed E-state index contributed by atoms with van der Waals surface area (Å²) in [5.74, 6) is 5.73. The zero-order valence-electron chi connectivity index (χ0n) is 79.6. The van der Waals surface area contributed by atoms with Crippen LogP contribution in [-0.4, -0.2) is 74.8 Å². The summed E-state index contributed by atoms with van der Waals surface area (Å²) in [6, 6.07) is 163. The van der Waals surface area contributed by atoms with Gasteiger partial charge in [0.2, 0.25) is 0 Å². The highest BCUT2D eigenvalue weighted by atomic mass is 15.1. The highest BCUT2D eigenvalue weighted by molar-refractivity contribution is 5.92.